The molecule has 0 bridgehead atoms. The minimum Gasteiger partial charge on any atom is -0.478 e. The van der Waals surface area contributed by atoms with Gasteiger partial charge in [-0.3, -0.25) is 0 Å². The van der Waals surface area contributed by atoms with E-state index >= 15 is 0 Å². The minimum absolute atomic E-state index is 0. The molecule has 0 atom stereocenters. The fourth-order valence-corrected chi connectivity index (χ4v) is 1.32. The molecule has 0 aliphatic rings. The quantitative estimate of drug-likeness (QED) is 0.658. The molecule has 0 aliphatic heterocycles. The van der Waals surface area contributed by atoms with Gasteiger partial charge in [0.05, 0.1) is 5.56 Å². The zero-order chi connectivity index (χ0) is 14.4. The third-order valence-electron chi connectivity index (χ3n) is 2.36. The first kappa shape index (κ1) is 17.9. The number of benzene rings is 2. The van der Waals surface area contributed by atoms with E-state index in [1.165, 1.54) is 6.92 Å². The van der Waals surface area contributed by atoms with Crippen molar-refractivity contribution in [1.29, 1.82) is 0 Å². The average molecular weight is 322 g/mol. The van der Waals surface area contributed by atoms with Gasteiger partial charge in [-0.2, -0.15) is 0 Å². The fraction of sp³-hybridized carbons (Fsp3) is 0.0667. The summed E-state index contributed by atoms with van der Waals surface area (Å²) in [6, 6.07) is 12.8. The van der Waals surface area contributed by atoms with E-state index in [-0.39, 0.29) is 22.6 Å². The molecule has 0 heterocycles. The molecule has 5 heteroatoms. The number of fused-ring (bicyclic) bond motifs is 1. The van der Waals surface area contributed by atoms with E-state index in [9.17, 15) is 9.59 Å². The summed E-state index contributed by atoms with van der Waals surface area (Å²) in [5.74, 6) is -1.82. The van der Waals surface area contributed by atoms with Gasteiger partial charge in [0.25, 0.3) is 0 Å². The van der Waals surface area contributed by atoms with Crippen LogP contribution < -0.4 is 0 Å². The van der Waals surface area contributed by atoms with Crippen LogP contribution in [0.2, 0.25) is 0 Å². The van der Waals surface area contributed by atoms with Crippen molar-refractivity contribution in [3.05, 3.63) is 60.2 Å². The molecule has 0 fully saturated rings. The third-order valence-corrected chi connectivity index (χ3v) is 2.36. The Hall–Kier alpha value is -2.10. The maximum atomic E-state index is 10.6. The van der Waals surface area contributed by atoms with Crippen molar-refractivity contribution < 1.29 is 36.9 Å². The molecule has 20 heavy (non-hydrogen) atoms. The minimum atomic E-state index is -0.935. The molecule has 109 valence electrons. The van der Waals surface area contributed by atoms with E-state index in [1.54, 1.807) is 12.1 Å². The van der Waals surface area contributed by atoms with Crippen molar-refractivity contribution in [2.45, 2.75) is 6.92 Å². The molecule has 0 saturated heterocycles. The molecule has 2 aromatic carbocycles. The Kier molecular flexibility index (Phi) is 7.29. The number of rotatable bonds is 2. The van der Waals surface area contributed by atoms with Gasteiger partial charge in [0.15, 0.2) is 0 Å². The number of carbonyl (C=O) groups is 2. The molecular weight excluding hydrogens is 308 g/mol. The predicted octanol–water partition coefficient (Wildman–Crippen LogP) is 3.18. The smallest absolute Gasteiger partial charge is 0.335 e. The number of carboxylic acids is 2. The zero-order valence-electron chi connectivity index (χ0n) is 10.8. The van der Waals surface area contributed by atoms with Gasteiger partial charge in [-0.15, -0.1) is 0 Å². The van der Waals surface area contributed by atoms with Crippen LogP contribution in [0, 0.1) is 0 Å². The second-order valence-corrected chi connectivity index (χ2v) is 3.95. The molecule has 1 radical (unpaired) electrons. The van der Waals surface area contributed by atoms with Gasteiger partial charge in [0.2, 0.25) is 0 Å². The van der Waals surface area contributed by atoms with Crippen LogP contribution in [0.3, 0.4) is 0 Å². The van der Waals surface area contributed by atoms with Crippen LogP contribution >= 0.6 is 0 Å². The Balaban J connectivity index is 0.000000448. The monoisotopic (exact) mass is 321 g/mol. The average Bonchev–Trinajstić information content (AvgIpc) is 2.38. The van der Waals surface area contributed by atoms with Gasteiger partial charge in [0, 0.05) is 22.6 Å². The first-order chi connectivity index (χ1) is 8.91. The Morgan fingerprint density at radius 3 is 1.95 bits per heavy atom. The van der Waals surface area contributed by atoms with Crippen molar-refractivity contribution in [2.24, 2.45) is 0 Å². The van der Waals surface area contributed by atoms with Crippen LogP contribution in [0.5, 0.6) is 0 Å². The molecule has 2 aromatic rings. The molecule has 0 amide bonds. The summed E-state index contributed by atoms with van der Waals surface area (Å²) >= 11 is 0. The molecule has 0 aliphatic carbocycles. The van der Waals surface area contributed by atoms with Crippen molar-refractivity contribution in [1.82, 2.24) is 0 Å². The summed E-state index contributed by atoms with van der Waals surface area (Å²) < 4.78 is 0. The van der Waals surface area contributed by atoms with E-state index in [0.717, 1.165) is 10.8 Å². The van der Waals surface area contributed by atoms with Crippen molar-refractivity contribution in [2.75, 3.05) is 0 Å². The normalized spacial score (nSPS) is 8.85. The fourth-order valence-electron chi connectivity index (χ4n) is 1.32. The molecule has 2 rings (SSSR count). The largest absolute Gasteiger partial charge is 0.478 e. The van der Waals surface area contributed by atoms with Gasteiger partial charge < -0.3 is 10.2 Å². The van der Waals surface area contributed by atoms with Crippen LogP contribution in [0.1, 0.15) is 17.3 Å². The summed E-state index contributed by atoms with van der Waals surface area (Å²) in [6.45, 7) is 4.60. The molecular formula is C15H14CuO4. The van der Waals surface area contributed by atoms with Crippen LogP contribution in [0.15, 0.2) is 54.6 Å². The Morgan fingerprint density at radius 1 is 1.00 bits per heavy atom. The molecule has 0 saturated carbocycles. The topological polar surface area (TPSA) is 74.6 Å². The van der Waals surface area contributed by atoms with Crippen molar-refractivity contribution >= 4 is 22.7 Å². The Morgan fingerprint density at radius 2 is 1.50 bits per heavy atom. The predicted molar refractivity (Wildman–Crippen MR) is 73.4 cm³/mol. The Bertz CT molecular complexity index is 623. The third kappa shape index (κ3) is 5.26. The number of aliphatic carboxylic acids is 1. The van der Waals surface area contributed by atoms with E-state index in [4.69, 9.17) is 10.2 Å². The first-order valence-electron chi connectivity index (χ1n) is 5.52. The molecule has 0 unspecified atom stereocenters. The molecule has 2 N–H and O–H groups in total. The van der Waals surface area contributed by atoms with Crippen LogP contribution in [0.4, 0.5) is 0 Å². The van der Waals surface area contributed by atoms with Crippen LogP contribution in [-0.4, -0.2) is 22.2 Å². The summed E-state index contributed by atoms with van der Waals surface area (Å²) in [6.07, 6.45) is 0. The van der Waals surface area contributed by atoms with E-state index < -0.39 is 11.9 Å². The summed E-state index contributed by atoms with van der Waals surface area (Å²) in [4.78, 5) is 20.2. The maximum absolute atomic E-state index is 10.6. The first-order valence-corrected chi connectivity index (χ1v) is 5.52. The van der Waals surface area contributed by atoms with Crippen LogP contribution in [-0.2, 0) is 21.9 Å². The van der Waals surface area contributed by atoms with Gasteiger partial charge in [-0.05, 0) is 29.8 Å². The van der Waals surface area contributed by atoms with Crippen molar-refractivity contribution in [3.63, 3.8) is 0 Å². The van der Waals surface area contributed by atoms with E-state index in [2.05, 4.69) is 6.58 Å². The number of aromatic carboxylic acids is 1. The van der Waals surface area contributed by atoms with E-state index in [0.29, 0.717) is 5.56 Å². The van der Waals surface area contributed by atoms with Gasteiger partial charge in [-0.1, -0.05) is 36.9 Å². The summed E-state index contributed by atoms with van der Waals surface area (Å²) in [5, 5.41) is 18.7. The SMILES string of the molecule is C=C(C)C(=O)O.O=C(O)c1ccc2ccccc2c1.[Cu]. The van der Waals surface area contributed by atoms with Gasteiger partial charge in [-0.25, -0.2) is 9.59 Å². The van der Waals surface area contributed by atoms with Gasteiger partial charge in [0.1, 0.15) is 0 Å². The second-order valence-electron chi connectivity index (χ2n) is 3.95. The molecule has 0 spiro atoms. The van der Waals surface area contributed by atoms with Gasteiger partial charge >= 0.3 is 11.9 Å². The molecule has 0 aromatic heterocycles. The number of carboxylic acid groups (broad SMARTS) is 2. The standard InChI is InChI=1S/C11H8O2.C4H6O2.Cu/c12-11(13)10-6-5-8-3-1-2-4-9(8)7-10;1-3(2)4(5)6;/h1-7H,(H,12,13);1H2,2H3,(H,5,6);. The summed E-state index contributed by atoms with van der Waals surface area (Å²) in [7, 11) is 0. The maximum Gasteiger partial charge on any atom is 0.335 e. The van der Waals surface area contributed by atoms with Crippen LogP contribution in [0.25, 0.3) is 10.8 Å². The second kappa shape index (κ2) is 8.15. The van der Waals surface area contributed by atoms with E-state index in [1.807, 2.05) is 30.3 Å². The molecule has 4 nitrogen and oxygen atoms in total. The summed E-state index contributed by atoms with van der Waals surface area (Å²) in [5.41, 5.74) is 0.508. The number of hydrogen-bond donors (Lipinski definition) is 2. The number of hydrogen-bond acceptors (Lipinski definition) is 2. The Labute approximate surface area is 127 Å². The van der Waals surface area contributed by atoms with Crippen molar-refractivity contribution in [3.8, 4) is 0 Å². The zero-order valence-corrected chi connectivity index (χ0v) is 11.7.